The van der Waals surface area contributed by atoms with Crippen LogP contribution in [-0.4, -0.2) is 44.1 Å². The van der Waals surface area contributed by atoms with Crippen molar-refractivity contribution in [3.8, 4) is 5.75 Å². The molecule has 1 aromatic rings. The molecule has 0 radical (unpaired) electrons. The first-order chi connectivity index (χ1) is 10.2. The Morgan fingerprint density at radius 1 is 1.38 bits per heavy atom. The maximum Gasteiger partial charge on any atom is 0.234 e. The number of hydrogen-bond acceptors (Lipinski definition) is 4. The summed E-state index contributed by atoms with van der Waals surface area (Å²) >= 11 is 0. The Labute approximate surface area is 126 Å². The minimum Gasteiger partial charge on any atom is -0.496 e. The van der Waals surface area contributed by atoms with Crippen LogP contribution in [0.1, 0.15) is 18.4 Å². The lowest BCUT2D eigenvalue weighted by Crippen LogP contribution is -2.42. The molecular formula is C16H25N3O2. The Morgan fingerprint density at radius 2 is 2.10 bits per heavy atom. The van der Waals surface area contributed by atoms with E-state index >= 15 is 0 Å². The SMILES string of the molecule is COc1ccccc1CNC(=O)CN1CCC(CN)CC1. The third-order valence-electron chi connectivity index (χ3n) is 4.08. The first-order valence-corrected chi connectivity index (χ1v) is 7.54. The second-order valence-corrected chi connectivity index (χ2v) is 5.54. The van der Waals surface area contributed by atoms with Crippen molar-refractivity contribution < 1.29 is 9.53 Å². The maximum atomic E-state index is 12.0. The van der Waals surface area contributed by atoms with E-state index in [1.54, 1.807) is 7.11 Å². The Hall–Kier alpha value is -1.59. The minimum atomic E-state index is 0.0621. The third kappa shape index (κ3) is 4.72. The van der Waals surface area contributed by atoms with Gasteiger partial charge in [-0.25, -0.2) is 0 Å². The summed E-state index contributed by atoms with van der Waals surface area (Å²) in [6.45, 7) is 3.65. The number of carbonyl (C=O) groups excluding carboxylic acids is 1. The predicted octanol–water partition coefficient (Wildman–Crippen LogP) is 0.982. The predicted molar refractivity (Wildman–Crippen MR) is 83.1 cm³/mol. The Balaban J connectivity index is 1.75. The van der Waals surface area contributed by atoms with E-state index in [1.165, 1.54) is 0 Å². The zero-order chi connectivity index (χ0) is 15.1. The van der Waals surface area contributed by atoms with E-state index in [0.29, 0.717) is 19.0 Å². The van der Waals surface area contributed by atoms with E-state index < -0.39 is 0 Å². The lowest BCUT2D eigenvalue weighted by atomic mass is 9.97. The van der Waals surface area contributed by atoms with E-state index in [9.17, 15) is 4.79 Å². The molecule has 0 aliphatic carbocycles. The largest absolute Gasteiger partial charge is 0.496 e. The van der Waals surface area contributed by atoms with Crippen LogP contribution in [0.25, 0.3) is 0 Å². The van der Waals surface area contributed by atoms with Crippen LogP contribution < -0.4 is 15.8 Å². The molecule has 1 aliphatic heterocycles. The molecule has 0 bridgehead atoms. The van der Waals surface area contributed by atoms with Crippen molar-refractivity contribution in [1.29, 1.82) is 0 Å². The van der Waals surface area contributed by atoms with E-state index in [-0.39, 0.29) is 5.91 Å². The average molecular weight is 291 g/mol. The number of piperidine rings is 1. The van der Waals surface area contributed by atoms with Crippen molar-refractivity contribution in [2.75, 3.05) is 33.3 Å². The van der Waals surface area contributed by atoms with Gasteiger partial charge in [-0.1, -0.05) is 18.2 Å². The number of para-hydroxylation sites is 1. The molecule has 2 rings (SSSR count). The molecule has 1 aromatic carbocycles. The van der Waals surface area contributed by atoms with Gasteiger partial charge in [-0.2, -0.15) is 0 Å². The van der Waals surface area contributed by atoms with E-state index in [0.717, 1.165) is 43.8 Å². The second-order valence-electron chi connectivity index (χ2n) is 5.54. The highest BCUT2D eigenvalue weighted by molar-refractivity contribution is 5.78. The van der Waals surface area contributed by atoms with Crippen LogP contribution in [0.5, 0.6) is 5.75 Å². The first kappa shape index (κ1) is 15.8. The molecule has 1 amide bonds. The van der Waals surface area contributed by atoms with E-state index in [2.05, 4.69) is 10.2 Å². The lowest BCUT2D eigenvalue weighted by molar-refractivity contribution is -0.122. The van der Waals surface area contributed by atoms with Gasteiger partial charge in [-0.3, -0.25) is 9.69 Å². The number of benzene rings is 1. The molecule has 0 saturated carbocycles. The van der Waals surface area contributed by atoms with Gasteiger partial charge < -0.3 is 15.8 Å². The molecule has 0 atom stereocenters. The van der Waals surface area contributed by atoms with Crippen LogP contribution in [0.3, 0.4) is 0 Å². The number of methoxy groups -OCH3 is 1. The van der Waals surface area contributed by atoms with Gasteiger partial charge >= 0.3 is 0 Å². The van der Waals surface area contributed by atoms with Crippen LogP contribution in [0.2, 0.25) is 0 Å². The molecule has 1 saturated heterocycles. The fourth-order valence-electron chi connectivity index (χ4n) is 2.68. The summed E-state index contributed by atoms with van der Waals surface area (Å²) in [5.41, 5.74) is 6.68. The van der Waals surface area contributed by atoms with Gasteiger partial charge in [0, 0.05) is 12.1 Å². The number of ether oxygens (including phenoxy) is 1. The highest BCUT2D eigenvalue weighted by Crippen LogP contribution is 2.17. The summed E-state index contributed by atoms with van der Waals surface area (Å²) in [4.78, 5) is 14.2. The quantitative estimate of drug-likeness (QED) is 0.820. The number of hydrogen-bond donors (Lipinski definition) is 2. The molecule has 0 aromatic heterocycles. The molecule has 1 aliphatic rings. The standard InChI is InChI=1S/C16H25N3O2/c1-21-15-5-3-2-4-14(15)11-18-16(20)12-19-8-6-13(10-17)7-9-19/h2-5,13H,6-12,17H2,1H3,(H,18,20). The highest BCUT2D eigenvalue weighted by Gasteiger charge is 2.19. The fraction of sp³-hybridized carbons (Fsp3) is 0.562. The Kier molecular flexibility index (Phi) is 6.02. The zero-order valence-electron chi connectivity index (χ0n) is 12.7. The van der Waals surface area contributed by atoms with Crippen molar-refractivity contribution in [3.05, 3.63) is 29.8 Å². The lowest BCUT2D eigenvalue weighted by Gasteiger charge is -2.30. The van der Waals surface area contributed by atoms with Gasteiger partial charge in [-0.15, -0.1) is 0 Å². The topological polar surface area (TPSA) is 67.6 Å². The van der Waals surface area contributed by atoms with Crippen molar-refractivity contribution in [1.82, 2.24) is 10.2 Å². The molecule has 0 spiro atoms. The summed E-state index contributed by atoms with van der Waals surface area (Å²) in [5, 5.41) is 2.96. The van der Waals surface area contributed by atoms with Gasteiger partial charge in [0.15, 0.2) is 0 Å². The van der Waals surface area contributed by atoms with Gasteiger partial charge in [0.25, 0.3) is 0 Å². The van der Waals surface area contributed by atoms with Gasteiger partial charge in [0.1, 0.15) is 5.75 Å². The highest BCUT2D eigenvalue weighted by atomic mass is 16.5. The normalized spacial score (nSPS) is 16.7. The number of carbonyl (C=O) groups is 1. The van der Waals surface area contributed by atoms with Crippen molar-refractivity contribution >= 4 is 5.91 Å². The van der Waals surface area contributed by atoms with Crippen molar-refractivity contribution in [2.24, 2.45) is 11.7 Å². The number of likely N-dealkylation sites (tertiary alicyclic amines) is 1. The number of amides is 1. The summed E-state index contributed by atoms with van der Waals surface area (Å²) in [5.74, 6) is 1.49. The molecule has 1 heterocycles. The summed E-state index contributed by atoms with van der Waals surface area (Å²) in [6.07, 6.45) is 2.19. The molecule has 5 heteroatoms. The zero-order valence-corrected chi connectivity index (χ0v) is 12.7. The van der Waals surface area contributed by atoms with Crippen LogP contribution in [0, 0.1) is 5.92 Å². The molecule has 3 N–H and O–H groups in total. The monoisotopic (exact) mass is 291 g/mol. The van der Waals surface area contributed by atoms with Gasteiger partial charge in [-0.05, 0) is 44.5 Å². The Bertz CT molecular complexity index is 457. The number of nitrogens with zero attached hydrogens (tertiary/aromatic N) is 1. The molecule has 5 nitrogen and oxygen atoms in total. The van der Waals surface area contributed by atoms with Crippen molar-refractivity contribution in [2.45, 2.75) is 19.4 Å². The second kappa shape index (κ2) is 8.00. The van der Waals surface area contributed by atoms with Crippen LogP contribution >= 0.6 is 0 Å². The van der Waals surface area contributed by atoms with Gasteiger partial charge in [0.05, 0.1) is 13.7 Å². The fourth-order valence-corrected chi connectivity index (χ4v) is 2.68. The molecule has 116 valence electrons. The summed E-state index contributed by atoms with van der Waals surface area (Å²) in [6, 6.07) is 7.73. The third-order valence-corrected chi connectivity index (χ3v) is 4.08. The maximum absolute atomic E-state index is 12.0. The van der Waals surface area contributed by atoms with Crippen molar-refractivity contribution in [3.63, 3.8) is 0 Å². The first-order valence-electron chi connectivity index (χ1n) is 7.54. The molecule has 1 fully saturated rings. The molecular weight excluding hydrogens is 266 g/mol. The minimum absolute atomic E-state index is 0.0621. The number of nitrogens with two attached hydrogens (primary N) is 1. The number of nitrogens with one attached hydrogen (secondary N) is 1. The van der Waals surface area contributed by atoms with E-state index in [1.807, 2.05) is 24.3 Å². The van der Waals surface area contributed by atoms with E-state index in [4.69, 9.17) is 10.5 Å². The smallest absolute Gasteiger partial charge is 0.234 e. The van der Waals surface area contributed by atoms with Crippen LogP contribution in [-0.2, 0) is 11.3 Å². The Morgan fingerprint density at radius 3 is 2.76 bits per heavy atom. The van der Waals surface area contributed by atoms with Crippen LogP contribution in [0.15, 0.2) is 24.3 Å². The summed E-state index contributed by atoms with van der Waals surface area (Å²) < 4.78 is 5.28. The van der Waals surface area contributed by atoms with Gasteiger partial charge in [0.2, 0.25) is 5.91 Å². The van der Waals surface area contributed by atoms with Crippen LogP contribution in [0.4, 0.5) is 0 Å². The number of rotatable bonds is 6. The molecule has 21 heavy (non-hydrogen) atoms. The average Bonchev–Trinajstić information content (AvgIpc) is 2.54. The summed E-state index contributed by atoms with van der Waals surface area (Å²) in [7, 11) is 1.64. The molecule has 0 unspecified atom stereocenters.